The molecule has 0 saturated heterocycles. The summed E-state index contributed by atoms with van der Waals surface area (Å²) in [5.74, 6) is -2.97. The Hall–Kier alpha value is -3.25. The second-order valence-corrected chi connectivity index (χ2v) is 7.24. The molecule has 0 heterocycles. The Balaban J connectivity index is 1.72. The average Bonchev–Trinajstić information content (AvgIpc) is 2.78. The van der Waals surface area contributed by atoms with Crippen LogP contribution in [0.1, 0.15) is 35.6 Å². The van der Waals surface area contributed by atoms with Gasteiger partial charge in [0.05, 0.1) is 6.54 Å². The maximum atomic E-state index is 14.8. The summed E-state index contributed by atoms with van der Waals surface area (Å²) in [5, 5.41) is 11.5. The highest BCUT2D eigenvalue weighted by Gasteiger charge is 2.19. The third-order valence-electron chi connectivity index (χ3n) is 4.90. The van der Waals surface area contributed by atoms with E-state index in [9.17, 15) is 13.6 Å². The smallest absolute Gasteiger partial charge is 0.317 e. The van der Waals surface area contributed by atoms with Gasteiger partial charge < -0.3 is 15.2 Å². The molecule has 0 amide bonds. The van der Waals surface area contributed by atoms with Crippen molar-refractivity contribution in [3.05, 3.63) is 101 Å². The summed E-state index contributed by atoms with van der Waals surface area (Å²) in [6.45, 7) is 0.353. The van der Waals surface area contributed by atoms with Crippen LogP contribution in [0.3, 0.4) is 0 Å². The standard InChI is InChI=1S/C25H25F2NO3/c26-24-20(16-18-8-3-1-4-9-18)13-14-22(25(24)27)31-21(19-10-5-2-6-11-19)12-7-15-28-17-23(29)30/h1-6,8-11,13-14,21,28H,7,12,15-17H2,(H,29,30). The van der Waals surface area contributed by atoms with Gasteiger partial charge in [-0.2, -0.15) is 4.39 Å². The van der Waals surface area contributed by atoms with Gasteiger partial charge in [0.25, 0.3) is 0 Å². The summed E-state index contributed by atoms with van der Waals surface area (Å²) < 4.78 is 35.4. The van der Waals surface area contributed by atoms with Gasteiger partial charge in [0.1, 0.15) is 6.10 Å². The van der Waals surface area contributed by atoms with Gasteiger partial charge in [0.2, 0.25) is 5.82 Å². The first kappa shape index (κ1) is 22.4. The van der Waals surface area contributed by atoms with Crippen LogP contribution in [-0.4, -0.2) is 24.2 Å². The maximum Gasteiger partial charge on any atom is 0.317 e. The van der Waals surface area contributed by atoms with Crippen molar-refractivity contribution in [2.24, 2.45) is 0 Å². The van der Waals surface area contributed by atoms with Gasteiger partial charge >= 0.3 is 5.97 Å². The minimum atomic E-state index is -1.00. The van der Waals surface area contributed by atoms with Crippen LogP contribution in [0.5, 0.6) is 5.75 Å². The van der Waals surface area contributed by atoms with Crippen LogP contribution >= 0.6 is 0 Å². The van der Waals surface area contributed by atoms with Crippen molar-refractivity contribution >= 4 is 5.97 Å². The lowest BCUT2D eigenvalue weighted by atomic mass is 10.0. The molecule has 162 valence electrons. The first-order valence-electron chi connectivity index (χ1n) is 10.2. The first-order valence-corrected chi connectivity index (χ1v) is 10.2. The summed E-state index contributed by atoms with van der Waals surface area (Å²) >= 11 is 0. The van der Waals surface area contributed by atoms with Crippen molar-refractivity contribution < 1.29 is 23.4 Å². The highest BCUT2D eigenvalue weighted by Crippen LogP contribution is 2.30. The molecule has 6 heteroatoms. The minimum Gasteiger partial charge on any atom is -0.483 e. The Morgan fingerprint density at radius 2 is 1.61 bits per heavy atom. The zero-order valence-electron chi connectivity index (χ0n) is 17.1. The van der Waals surface area contributed by atoms with E-state index in [2.05, 4.69) is 5.32 Å². The average molecular weight is 425 g/mol. The van der Waals surface area contributed by atoms with Crippen molar-refractivity contribution in [1.82, 2.24) is 5.32 Å². The predicted molar refractivity (Wildman–Crippen MR) is 115 cm³/mol. The van der Waals surface area contributed by atoms with Crippen LogP contribution in [0.25, 0.3) is 0 Å². The van der Waals surface area contributed by atoms with Gasteiger partial charge in [-0.3, -0.25) is 4.79 Å². The van der Waals surface area contributed by atoms with Crippen LogP contribution < -0.4 is 10.1 Å². The molecule has 0 bridgehead atoms. The Bertz CT molecular complexity index is 981. The van der Waals surface area contributed by atoms with Gasteiger partial charge in [0.15, 0.2) is 11.6 Å². The summed E-state index contributed by atoms with van der Waals surface area (Å²) in [4.78, 5) is 10.6. The summed E-state index contributed by atoms with van der Waals surface area (Å²) in [7, 11) is 0. The molecule has 31 heavy (non-hydrogen) atoms. The molecule has 1 atom stereocenters. The molecule has 0 aromatic heterocycles. The number of rotatable bonds is 11. The molecule has 0 aliphatic rings. The molecule has 4 nitrogen and oxygen atoms in total. The number of carboxylic acids is 1. The van der Waals surface area contributed by atoms with Crippen molar-refractivity contribution in [3.8, 4) is 5.75 Å². The molecule has 1 unspecified atom stereocenters. The van der Waals surface area contributed by atoms with E-state index >= 15 is 0 Å². The Morgan fingerprint density at radius 3 is 2.29 bits per heavy atom. The lowest BCUT2D eigenvalue weighted by molar-refractivity contribution is -0.135. The highest BCUT2D eigenvalue weighted by atomic mass is 19.2. The van der Waals surface area contributed by atoms with E-state index in [1.54, 1.807) is 6.07 Å². The third kappa shape index (κ3) is 6.62. The number of nitrogens with one attached hydrogen (secondary N) is 1. The lowest BCUT2D eigenvalue weighted by Gasteiger charge is -2.21. The van der Waals surface area contributed by atoms with E-state index in [1.165, 1.54) is 6.07 Å². The molecule has 0 radical (unpaired) electrons. The Labute approximate surface area is 180 Å². The van der Waals surface area contributed by atoms with Gasteiger partial charge in [-0.05, 0) is 42.1 Å². The van der Waals surface area contributed by atoms with Gasteiger partial charge in [0, 0.05) is 6.42 Å². The zero-order valence-corrected chi connectivity index (χ0v) is 17.1. The normalized spacial score (nSPS) is 11.8. The third-order valence-corrected chi connectivity index (χ3v) is 4.90. The second kappa shape index (κ2) is 11.2. The van der Waals surface area contributed by atoms with E-state index in [-0.39, 0.29) is 17.9 Å². The van der Waals surface area contributed by atoms with Crippen LogP contribution in [0.2, 0.25) is 0 Å². The molecule has 3 rings (SSSR count). The number of carbonyl (C=O) groups is 1. The number of ether oxygens (including phenoxy) is 1. The summed E-state index contributed by atoms with van der Waals surface area (Å²) in [6.07, 6.45) is 0.940. The maximum absolute atomic E-state index is 14.8. The topological polar surface area (TPSA) is 58.6 Å². The van der Waals surface area contributed by atoms with Crippen LogP contribution in [0, 0.1) is 11.6 Å². The van der Waals surface area contributed by atoms with E-state index < -0.39 is 23.7 Å². The van der Waals surface area contributed by atoms with Crippen molar-refractivity contribution in [1.29, 1.82) is 0 Å². The molecule has 2 N–H and O–H groups in total. The fourth-order valence-electron chi connectivity index (χ4n) is 3.34. The second-order valence-electron chi connectivity index (χ2n) is 7.24. The summed E-state index contributed by atoms with van der Waals surface area (Å²) in [5.41, 5.74) is 2.00. The van der Waals surface area contributed by atoms with Crippen molar-refractivity contribution in [2.45, 2.75) is 25.4 Å². The largest absolute Gasteiger partial charge is 0.483 e. The number of hydrogen-bond donors (Lipinski definition) is 2. The monoisotopic (exact) mass is 425 g/mol. The molecule has 0 spiro atoms. The Kier molecular flexibility index (Phi) is 8.12. The fraction of sp³-hybridized carbons (Fsp3) is 0.240. The molecular weight excluding hydrogens is 400 g/mol. The first-order chi connectivity index (χ1) is 15.0. The number of halogens is 2. The van der Waals surface area contributed by atoms with E-state index in [1.807, 2.05) is 60.7 Å². The number of benzene rings is 3. The molecule has 0 fully saturated rings. The highest BCUT2D eigenvalue weighted by molar-refractivity contribution is 5.68. The summed E-state index contributed by atoms with van der Waals surface area (Å²) in [6, 6.07) is 21.7. The molecule has 0 saturated carbocycles. The Morgan fingerprint density at radius 1 is 0.935 bits per heavy atom. The SMILES string of the molecule is O=C(O)CNCCCC(Oc1ccc(Cc2ccccc2)c(F)c1F)c1ccccc1. The van der Waals surface area contributed by atoms with E-state index in [0.717, 1.165) is 11.1 Å². The van der Waals surface area contributed by atoms with Crippen LogP contribution in [-0.2, 0) is 11.2 Å². The predicted octanol–water partition coefficient (Wildman–Crippen LogP) is 5.13. The van der Waals surface area contributed by atoms with Gasteiger partial charge in [-0.15, -0.1) is 0 Å². The minimum absolute atomic E-state index is 0.125. The zero-order chi connectivity index (χ0) is 22.1. The van der Waals surface area contributed by atoms with Gasteiger partial charge in [-0.25, -0.2) is 4.39 Å². The lowest BCUT2D eigenvalue weighted by Crippen LogP contribution is -2.24. The van der Waals surface area contributed by atoms with Crippen LogP contribution in [0.4, 0.5) is 8.78 Å². The molecule has 3 aromatic carbocycles. The fourth-order valence-corrected chi connectivity index (χ4v) is 3.34. The number of hydrogen-bond acceptors (Lipinski definition) is 3. The number of carboxylic acid groups (broad SMARTS) is 1. The quantitative estimate of drug-likeness (QED) is 0.418. The molecule has 0 aliphatic carbocycles. The van der Waals surface area contributed by atoms with Crippen molar-refractivity contribution in [2.75, 3.05) is 13.1 Å². The molecule has 3 aromatic rings. The van der Waals surface area contributed by atoms with E-state index in [0.29, 0.717) is 25.8 Å². The van der Waals surface area contributed by atoms with E-state index in [4.69, 9.17) is 9.84 Å². The number of aliphatic carboxylic acids is 1. The van der Waals surface area contributed by atoms with Crippen LogP contribution in [0.15, 0.2) is 72.8 Å². The van der Waals surface area contributed by atoms with Gasteiger partial charge in [-0.1, -0.05) is 66.7 Å². The molecule has 0 aliphatic heterocycles. The molecular formula is C25H25F2NO3. The van der Waals surface area contributed by atoms with Crippen molar-refractivity contribution in [3.63, 3.8) is 0 Å².